The van der Waals surface area contributed by atoms with Crippen LogP contribution in [0.2, 0.25) is 0 Å². The van der Waals surface area contributed by atoms with Crippen molar-refractivity contribution in [2.45, 2.75) is 0 Å². The van der Waals surface area contributed by atoms with E-state index < -0.39 is 0 Å². The summed E-state index contributed by atoms with van der Waals surface area (Å²) in [5, 5.41) is 7.80. The van der Waals surface area contributed by atoms with Gasteiger partial charge in [-0.2, -0.15) is 0 Å². The van der Waals surface area contributed by atoms with Crippen LogP contribution in [0.4, 0.5) is 17.1 Å². The number of anilines is 3. The Balaban J connectivity index is 1.03. The zero-order valence-electron chi connectivity index (χ0n) is 29.4. The molecule has 8 aromatic carbocycles. The number of aromatic nitrogens is 1. The van der Waals surface area contributed by atoms with Gasteiger partial charge < -0.3 is 18.2 Å². The van der Waals surface area contributed by atoms with Crippen molar-refractivity contribution in [1.29, 1.82) is 0 Å². The molecule has 0 spiro atoms. The molecule has 0 aliphatic heterocycles. The summed E-state index contributed by atoms with van der Waals surface area (Å²) >= 11 is 0. The number of para-hydroxylation sites is 4. The Kier molecular flexibility index (Phi) is 6.27. The molecule has 0 bridgehead atoms. The minimum absolute atomic E-state index is 0.843. The second-order valence-corrected chi connectivity index (χ2v) is 14.1. The Hall–Kier alpha value is -7.50. The van der Waals surface area contributed by atoms with Crippen LogP contribution in [-0.2, 0) is 0 Å². The maximum Gasteiger partial charge on any atom is 0.213 e. The number of nitrogens with zero attached hydrogens (tertiary/aromatic N) is 2. The van der Waals surface area contributed by atoms with E-state index in [0.717, 1.165) is 111 Å². The SMILES string of the molecule is c1ccc(-n2c3ccccc3c3c4c(-c5ccc(N(c6ccc7c(c6)oc6ccccc67)c6ccc7c(c6)oc6ccccc67)cc5)cccc4oc32)cc1. The lowest BCUT2D eigenvalue weighted by Gasteiger charge is -2.25. The highest BCUT2D eigenvalue weighted by molar-refractivity contribution is 6.23. The number of benzene rings is 8. The van der Waals surface area contributed by atoms with E-state index in [9.17, 15) is 0 Å². The summed E-state index contributed by atoms with van der Waals surface area (Å²) in [5.41, 5.74) is 12.6. The normalized spacial score (nSPS) is 12.0. The van der Waals surface area contributed by atoms with Crippen LogP contribution in [0.15, 0.2) is 195 Å². The maximum atomic E-state index is 6.71. The first kappa shape index (κ1) is 30.0. The van der Waals surface area contributed by atoms with Crippen LogP contribution in [0, 0.1) is 0 Å². The molecule has 0 aliphatic carbocycles. The molecule has 0 saturated carbocycles. The lowest BCUT2D eigenvalue weighted by atomic mass is 9.98. The van der Waals surface area contributed by atoms with Crippen molar-refractivity contribution in [2.24, 2.45) is 0 Å². The highest BCUT2D eigenvalue weighted by Crippen LogP contribution is 2.45. The van der Waals surface area contributed by atoms with Crippen molar-refractivity contribution >= 4 is 93.9 Å². The predicted molar refractivity (Wildman–Crippen MR) is 225 cm³/mol. The van der Waals surface area contributed by atoms with Gasteiger partial charge >= 0.3 is 0 Å². The Labute approximate surface area is 314 Å². The van der Waals surface area contributed by atoms with Gasteiger partial charge in [0.15, 0.2) is 0 Å². The number of rotatable bonds is 5. The summed E-state index contributed by atoms with van der Waals surface area (Å²) in [6.45, 7) is 0. The van der Waals surface area contributed by atoms with E-state index in [-0.39, 0.29) is 0 Å². The van der Waals surface area contributed by atoms with Gasteiger partial charge in [-0.15, -0.1) is 0 Å². The Morgan fingerprint density at radius 2 is 0.909 bits per heavy atom. The Morgan fingerprint density at radius 1 is 0.364 bits per heavy atom. The topological polar surface area (TPSA) is 47.6 Å². The first-order valence-corrected chi connectivity index (χ1v) is 18.5. The minimum Gasteiger partial charge on any atom is -0.456 e. The van der Waals surface area contributed by atoms with Gasteiger partial charge in [-0.3, -0.25) is 4.57 Å². The zero-order valence-corrected chi connectivity index (χ0v) is 29.4. The van der Waals surface area contributed by atoms with E-state index in [2.05, 4.69) is 161 Å². The molecule has 0 fully saturated rings. The van der Waals surface area contributed by atoms with Crippen molar-refractivity contribution in [3.05, 3.63) is 182 Å². The quantitative estimate of drug-likeness (QED) is 0.179. The summed E-state index contributed by atoms with van der Waals surface area (Å²) in [6, 6.07) is 63.5. The lowest BCUT2D eigenvalue weighted by molar-refractivity contribution is 0.645. The van der Waals surface area contributed by atoms with Crippen LogP contribution in [-0.4, -0.2) is 4.57 Å². The molecular formula is C50H30N2O3. The van der Waals surface area contributed by atoms with E-state index in [1.807, 2.05) is 30.3 Å². The lowest BCUT2D eigenvalue weighted by Crippen LogP contribution is -2.09. The van der Waals surface area contributed by atoms with Gasteiger partial charge in [-0.25, -0.2) is 0 Å². The first-order valence-electron chi connectivity index (χ1n) is 18.5. The maximum absolute atomic E-state index is 6.71. The molecule has 0 N–H and O–H groups in total. The summed E-state index contributed by atoms with van der Waals surface area (Å²) in [6.07, 6.45) is 0. The van der Waals surface area contributed by atoms with Gasteiger partial charge in [-0.1, -0.05) is 97.1 Å². The van der Waals surface area contributed by atoms with Crippen LogP contribution < -0.4 is 4.90 Å². The fourth-order valence-electron chi connectivity index (χ4n) is 8.55. The molecule has 258 valence electrons. The third-order valence-corrected chi connectivity index (χ3v) is 11.0. The Bertz CT molecular complexity index is 3320. The molecule has 0 amide bonds. The number of hydrogen-bond acceptors (Lipinski definition) is 4. The smallest absolute Gasteiger partial charge is 0.213 e. The molecule has 4 aromatic heterocycles. The zero-order chi connectivity index (χ0) is 36.0. The van der Waals surface area contributed by atoms with Gasteiger partial charge in [0.25, 0.3) is 0 Å². The van der Waals surface area contributed by atoms with Crippen molar-refractivity contribution in [1.82, 2.24) is 4.57 Å². The highest BCUT2D eigenvalue weighted by atomic mass is 16.3. The molecule has 5 heteroatoms. The van der Waals surface area contributed by atoms with E-state index in [1.165, 1.54) is 0 Å². The van der Waals surface area contributed by atoms with E-state index in [4.69, 9.17) is 13.3 Å². The van der Waals surface area contributed by atoms with Crippen LogP contribution in [0.5, 0.6) is 0 Å². The van der Waals surface area contributed by atoms with Gasteiger partial charge in [0.1, 0.15) is 27.9 Å². The third-order valence-electron chi connectivity index (χ3n) is 11.0. The van der Waals surface area contributed by atoms with Crippen LogP contribution >= 0.6 is 0 Å². The number of furan rings is 3. The number of fused-ring (bicyclic) bond motifs is 11. The fourth-order valence-corrected chi connectivity index (χ4v) is 8.55. The summed E-state index contributed by atoms with van der Waals surface area (Å²) in [7, 11) is 0. The molecule has 4 heterocycles. The molecule has 5 nitrogen and oxygen atoms in total. The molecule has 0 aliphatic rings. The monoisotopic (exact) mass is 706 g/mol. The molecule has 12 rings (SSSR count). The highest BCUT2D eigenvalue weighted by Gasteiger charge is 2.22. The fraction of sp³-hybridized carbons (Fsp3) is 0. The molecular weight excluding hydrogens is 677 g/mol. The second kappa shape index (κ2) is 11.5. The summed E-state index contributed by atoms with van der Waals surface area (Å²) < 4.78 is 21.7. The average molecular weight is 707 g/mol. The molecule has 12 aromatic rings. The van der Waals surface area contributed by atoms with E-state index in [0.29, 0.717) is 0 Å². The van der Waals surface area contributed by atoms with Crippen molar-refractivity contribution in [2.75, 3.05) is 4.90 Å². The van der Waals surface area contributed by atoms with Crippen LogP contribution in [0.3, 0.4) is 0 Å². The molecule has 0 radical (unpaired) electrons. The van der Waals surface area contributed by atoms with E-state index in [1.54, 1.807) is 0 Å². The number of hydrogen-bond donors (Lipinski definition) is 0. The van der Waals surface area contributed by atoms with Crippen molar-refractivity contribution in [3.8, 4) is 16.8 Å². The average Bonchev–Trinajstić information content (AvgIpc) is 3.99. The van der Waals surface area contributed by atoms with Crippen LogP contribution in [0.25, 0.3) is 93.7 Å². The molecule has 55 heavy (non-hydrogen) atoms. The standard InChI is InChI=1S/C50H30N2O3/c1-2-11-32(12-3-1)52-42-17-7-4-15-41(42)49-48-36(16-10-20-45(48)55-50(49)52)31-21-23-33(24-22-31)51(34-25-27-39-37-13-5-8-18-43(37)53-46(39)29-34)35-26-28-40-38-14-6-9-19-44(38)54-47(40)30-35/h1-30H. The summed E-state index contributed by atoms with van der Waals surface area (Å²) in [4.78, 5) is 2.27. The second-order valence-electron chi connectivity index (χ2n) is 14.1. The van der Waals surface area contributed by atoms with Gasteiger partial charge in [0, 0.05) is 67.2 Å². The third kappa shape index (κ3) is 4.47. The molecule has 0 saturated heterocycles. The van der Waals surface area contributed by atoms with Crippen LogP contribution in [0.1, 0.15) is 0 Å². The van der Waals surface area contributed by atoms with Gasteiger partial charge in [0.05, 0.1) is 10.9 Å². The Morgan fingerprint density at radius 3 is 1.58 bits per heavy atom. The minimum atomic E-state index is 0.843. The molecule has 0 unspecified atom stereocenters. The van der Waals surface area contributed by atoms with Gasteiger partial charge in [0.2, 0.25) is 5.71 Å². The van der Waals surface area contributed by atoms with E-state index >= 15 is 0 Å². The summed E-state index contributed by atoms with van der Waals surface area (Å²) in [5.74, 6) is 0. The van der Waals surface area contributed by atoms with Crippen molar-refractivity contribution < 1.29 is 13.3 Å². The predicted octanol–water partition coefficient (Wildman–Crippen LogP) is 14.5. The largest absolute Gasteiger partial charge is 0.456 e. The van der Waals surface area contributed by atoms with Gasteiger partial charge in [-0.05, 0) is 83.9 Å². The first-order chi connectivity index (χ1) is 27.3. The van der Waals surface area contributed by atoms with Crippen molar-refractivity contribution in [3.63, 3.8) is 0 Å². The molecule has 0 atom stereocenters.